The summed E-state index contributed by atoms with van der Waals surface area (Å²) in [7, 11) is 0. The molecule has 3 aromatic rings. The number of H-pyrrole nitrogens is 1. The number of halogens is 3. The minimum atomic E-state index is -1.30. The molecule has 1 atom stereocenters. The number of aromatic amines is 1. The Kier molecular flexibility index (Phi) is 21.5. The van der Waals surface area contributed by atoms with E-state index in [1.165, 1.54) is 49.8 Å². The number of nitrogens with one attached hydrogen (secondary N) is 2. The van der Waals surface area contributed by atoms with Crippen LogP contribution in [-0.4, -0.2) is 48.3 Å². The van der Waals surface area contributed by atoms with Crippen LogP contribution in [-0.2, 0) is 12.8 Å². The van der Waals surface area contributed by atoms with Gasteiger partial charge in [-0.3, -0.25) is 0 Å². The van der Waals surface area contributed by atoms with E-state index in [0.717, 1.165) is 66.6 Å². The number of nitrogens with zero attached hydrogens (tertiary/aromatic N) is 1. The molecule has 0 fully saturated rings. The number of allylic oxidation sites excluding steroid dienone is 1. The quantitative estimate of drug-likeness (QED) is 0.0981. The van der Waals surface area contributed by atoms with Gasteiger partial charge in [0.2, 0.25) is 0 Å². The fourth-order valence-corrected chi connectivity index (χ4v) is 5.78. The first-order valence-corrected chi connectivity index (χ1v) is 18.6. The van der Waals surface area contributed by atoms with E-state index in [1.54, 1.807) is 13.8 Å². The number of para-hydroxylation sites is 1. The lowest BCUT2D eigenvalue weighted by molar-refractivity contribution is 0.211. The van der Waals surface area contributed by atoms with Gasteiger partial charge in [0.15, 0.2) is 0 Å². The number of benzene rings is 2. The summed E-state index contributed by atoms with van der Waals surface area (Å²) in [6.45, 7) is 25.5. The first-order chi connectivity index (χ1) is 22.8. The van der Waals surface area contributed by atoms with Crippen molar-refractivity contribution in [1.29, 1.82) is 0 Å². The lowest BCUT2D eigenvalue weighted by Gasteiger charge is -2.20. The van der Waals surface area contributed by atoms with Gasteiger partial charge in [0.1, 0.15) is 17.3 Å². The molecule has 48 heavy (non-hydrogen) atoms. The highest BCUT2D eigenvalue weighted by molar-refractivity contribution is 5.85. The van der Waals surface area contributed by atoms with Gasteiger partial charge >= 0.3 is 0 Å². The van der Waals surface area contributed by atoms with E-state index in [1.807, 2.05) is 45.0 Å². The Hall–Kier alpha value is -2.57. The maximum atomic E-state index is 15.4. The predicted molar refractivity (Wildman–Crippen MR) is 204 cm³/mol. The van der Waals surface area contributed by atoms with Gasteiger partial charge in [-0.1, -0.05) is 84.1 Å². The number of unbranched alkanes of at least 4 members (excludes halogenated alkanes) is 4. The van der Waals surface area contributed by atoms with Gasteiger partial charge in [0, 0.05) is 34.6 Å². The summed E-state index contributed by atoms with van der Waals surface area (Å²) in [5, 5.41) is 4.21. The van der Waals surface area contributed by atoms with E-state index in [9.17, 15) is 4.39 Å². The Morgan fingerprint density at radius 1 is 0.854 bits per heavy atom. The standard InChI is InChI=1S/C34H50F3N3.C4H8.C4H10/c1-6-19-40(20-7-2)21-13-9-8-10-14-26-22-29(35)32(30(36)23-26)25(3)33-28(17-18-38-24-34(4,5)37)27-15-11-12-16-31(27)39-33;1-4(2)3;1-3-4-2/h11-12,15-16,22-23,25,38-39H,6-10,13-14,17-21,24H2,1-5H3;1H2,2-3H3;3-4H2,1-2H3. The Balaban J connectivity index is 0.00000129. The van der Waals surface area contributed by atoms with Gasteiger partial charge in [0.25, 0.3) is 0 Å². The fraction of sp³-hybridized carbons (Fsp3) is 0.619. The largest absolute Gasteiger partial charge is 0.358 e. The monoisotopic (exact) mass is 672 g/mol. The second-order valence-electron chi connectivity index (χ2n) is 14.1. The zero-order valence-corrected chi connectivity index (χ0v) is 31.9. The van der Waals surface area contributed by atoms with Crippen LogP contribution in [0.25, 0.3) is 10.9 Å². The fourth-order valence-electron chi connectivity index (χ4n) is 5.78. The number of alkyl halides is 1. The third kappa shape index (κ3) is 16.7. The third-order valence-electron chi connectivity index (χ3n) is 8.22. The summed E-state index contributed by atoms with van der Waals surface area (Å²) in [5.74, 6) is -1.46. The molecule has 272 valence electrons. The molecule has 0 aliphatic carbocycles. The van der Waals surface area contributed by atoms with Crippen LogP contribution in [0.4, 0.5) is 13.2 Å². The average Bonchev–Trinajstić information content (AvgIpc) is 3.38. The molecular formula is C42H68F3N3. The maximum Gasteiger partial charge on any atom is 0.130 e. The van der Waals surface area contributed by atoms with E-state index in [0.29, 0.717) is 19.4 Å². The molecule has 0 saturated carbocycles. The smallest absolute Gasteiger partial charge is 0.130 e. The molecule has 0 saturated heterocycles. The Bertz CT molecular complexity index is 1270. The van der Waals surface area contributed by atoms with Crippen LogP contribution in [0.3, 0.4) is 0 Å². The molecule has 2 N–H and O–H groups in total. The van der Waals surface area contributed by atoms with Crippen LogP contribution < -0.4 is 5.32 Å². The summed E-state index contributed by atoms with van der Waals surface area (Å²) >= 11 is 0. The Morgan fingerprint density at radius 2 is 1.42 bits per heavy atom. The molecule has 3 rings (SSSR count). The zero-order chi connectivity index (χ0) is 36.1. The van der Waals surface area contributed by atoms with Crippen molar-refractivity contribution < 1.29 is 13.2 Å². The molecule has 0 bridgehead atoms. The first-order valence-electron chi connectivity index (χ1n) is 18.6. The van der Waals surface area contributed by atoms with Crippen molar-refractivity contribution in [2.45, 2.75) is 138 Å². The van der Waals surface area contributed by atoms with Crippen molar-refractivity contribution in [1.82, 2.24) is 15.2 Å². The second kappa shape index (κ2) is 23.7. The molecule has 1 aromatic heterocycles. The summed E-state index contributed by atoms with van der Waals surface area (Å²) < 4.78 is 44.8. The number of aromatic nitrogens is 1. The molecule has 6 heteroatoms. The highest BCUT2D eigenvalue weighted by Gasteiger charge is 2.24. The third-order valence-corrected chi connectivity index (χ3v) is 8.22. The molecular weight excluding hydrogens is 603 g/mol. The molecule has 0 amide bonds. The van der Waals surface area contributed by atoms with E-state index in [4.69, 9.17) is 0 Å². The minimum Gasteiger partial charge on any atom is -0.358 e. The topological polar surface area (TPSA) is 31.1 Å². The van der Waals surface area contributed by atoms with Gasteiger partial charge in [-0.2, -0.15) is 0 Å². The van der Waals surface area contributed by atoms with Crippen LogP contribution in [0.1, 0.15) is 142 Å². The summed E-state index contributed by atoms with van der Waals surface area (Å²) in [4.78, 5) is 5.96. The highest BCUT2D eigenvalue weighted by atomic mass is 19.1. The van der Waals surface area contributed by atoms with Gasteiger partial charge in [-0.15, -0.1) is 6.58 Å². The van der Waals surface area contributed by atoms with Gasteiger partial charge in [-0.05, 0) is 122 Å². The molecule has 3 nitrogen and oxygen atoms in total. The molecule has 1 heterocycles. The van der Waals surface area contributed by atoms with Crippen molar-refractivity contribution in [2.24, 2.45) is 0 Å². The molecule has 1 unspecified atom stereocenters. The van der Waals surface area contributed by atoms with E-state index in [2.05, 4.69) is 49.5 Å². The molecule has 0 spiro atoms. The molecule has 0 aliphatic heterocycles. The highest BCUT2D eigenvalue weighted by Crippen LogP contribution is 2.35. The summed E-state index contributed by atoms with van der Waals surface area (Å²) in [6.07, 6.45) is 10.6. The second-order valence-corrected chi connectivity index (χ2v) is 14.1. The summed E-state index contributed by atoms with van der Waals surface area (Å²) in [5.41, 5.74) is 3.46. The van der Waals surface area contributed by atoms with E-state index < -0.39 is 23.2 Å². The van der Waals surface area contributed by atoms with Crippen molar-refractivity contribution in [2.75, 3.05) is 32.7 Å². The van der Waals surface area contributed by atoms with Crippen LogP contribution in [0.2, 0.25) is 0 Å². The SMILES string of the molecule is C=C(C)C.CCCC.CCCN(CCC)CCCCCCc1cc(F)c(C(C)c2[nH]c3ccccc3c2CCNCC(C)(C)F)c(F)c1. The van der Waals surface area contributed by atoms with Crippen molar-refractivity contribution in [3.05, 3.63) is 82.6 Å². The van der Waals surface area contributed by atoms with Crippen LogP contribution >= 0.6 is 0 Å². The number of aryl methyl sites for hydroxylation is 1. The normalized spacial score (nSPS) is 12.0. The van der Waals surface area contributed by atoms with Crippen LogP contribution in [0.15, 0.2) is 48.6 Å². The molecule has 0 radical (unpaired) electrons. The predicted octanol–water partition coefficient (Wildman–Crippen LogP) is 12.1. The summed E-state index contributed by atoms with van der Waals surface area (Å²) in [6, 6.07) is 11.0. The van der Waals surface area contributed by atoms with E-state index in [-0.39, 0.29) is 12.1 Å². The van der Waals surface area contributed by atoms with Gasteiger partial charge < -0.3 is 15.2 Å². The lowest BCUT2D eigenvalue weighted by Crippen LogP contribution is -2.32. The molecule has 2 aromatic carbocycles. The lowest BCUT2D eigenvalue weighted by atomic mass is 9.91. The van der Waals surface area contributed by atoms with Gasteiger partial charge in [-0.25, -0.2) is 13.2 Å². The average molecular weight is 672 g/mol. The minimum absolute atomic E-state index is 0.0985. The Labute approximate surface area is 292 Å². The number of fused-ring (bicyclic) bond motifs is 1. The van der Waals surface area contributed by atoms with Crippen LogP contribution in [0.5, 0.6) is 0 Å². The maximum absolute atomic E-state index is 15.4. The van der Waals surface area contributed by atoms with Crippen molar-refractivity contribution in [3.63, 3.8) is 0 Å². The van der Waals surface area contributed by atoms with E-state index >= 15 is 8.78 Å². The number of hydrogen-bond donors (Lipinski definition) is 2. The Morgan fingerprint density at radius 3 is 1.96 bits per heavy atom. The van der Waals surface area contributed by atoms with Crippen molar-refractivity contribution >= 4 is 10.9 Å². The van der Waals surface area contributed by atoms with Crippen molar-refractivity contribution in [3.8, 4) is 0 Å². The van der Waals surface area contributed by atoms with Crippen LogP contribution in [0, 0.1) is 11.6 Å². The first kappa shape index (κ1) is 43.5. The number of rotatable bonds is 19. The zero-order valence-electron chi connectivity index (χ0n) is 31.9. The molecule has 0 aliphatic rings. The number of hydrogen-bond acceptors (Lipinski definition) is 2. The van der Waals surface area contributed by atoms with Gasteiger partial charge in [0.05, 0.1) is 0 Å².